The van der Waals surface area contributed by atoms with Gasteiger partial charge in [-0.05, 0) is 46.1 Å². The Bertz CT molecular complexity index is 687. The van der Waals surface area contributed by atoms with Gasteiger partial charge in [-0.25, -0.2) is 4.79 Å². The van der Waals surface area contributed by atoms with Gasteiger partial charge in [0.05, 0.1) is 12.2 Å². The number of carbonyl (C=O) groups is 5. The molecule has 11 N–H and O–H groups in total. The Morgan fingerprint density at radius 2 is 1.36 bits per heavy atom. The molecule has 0 saturated heterocycles. The molecule has 0 radical (unpaired) electrons. The lowest BCUT2D eigenvalue weighted by Crippen LogP contribution is -2.60. The molecule has 0 fully saturated rings. The van der Waals surface area contributed by atoms with Gasteiger partial charge in [-0.3, -0.25) is 19.2 Å². The van der Waals surface area contributed by atoms with Gasteiger partial charge < -0.3 is 47.8 Å². The summed E-state index contributed by atoms with van der Waals surface area (Å²) in [6.45, 7) is 2.77. The summed E-state index contributed by atoms with van der Waals surface area (Å²) in [5.74, 6) is -5.48. The average molecular weight is 478 g/mol. The number of rotatable bonds is 16. The Morgan fingerprint density at radius 3 is 1.82 bits per heavy atom. The minimum atomic E-state index is -1.59. The molecular formula is C19H35N5O9. The van der Waals surface area contributed by atoms with E-state index >= 15 is 0 Å². The van der Waals surface area contributed by atoms with E-state index in [9.17, 15) is 39.3 Å². The summed E-state index contributed by atoms with van der Waals surface area (Å²) >= 11 is 0. The molecule has 0 bridgehead atoms. The molecule has 6 atom stereocenters. The van der Waals surface area contributed by atoms with Crippen LogP contribution in [0.5, 0.6) is 0 Å². The summed E-state index contributed by atoms with van der Waals surface area (Å²) in [4.78, 5) is 59.7. The molecule has 0 heterocycles. The summed E-state index contributed by atoms with van der Waals surface area (Å²) in [5.41, 5.74) is 10.9. The van der Waals surface area contributed by atoms with Gasteiger partial charge in [-0.1, -0.05) is 0 Å². The molecule has 6 unspecified atom stereocenters. The normalized spacial score (nSPS) is 16.4. The van der Waals surface area contributed by atoms with Crippen LogP contribution in [0.4, 0.5) is 0 Å². The number of aliphatic carboxylic acids is 2. The van der Waals surface area contributed by atoms with Crippen molar-refractivity contribution in [3.05, 3.63) is 0 Å². The average Bonchev–Trinajstić information content (AvgIpc) is 2.72. The van der Waals surface area contributed by atoms with Crippen molar-refractivity contribution >= 4 is 29.7 Å². The monoisotopic (exact) mass is 477 g/mol. The third-order valence-electron chi connectivity index (χ3n) is 4.73. The fraction of sp³-hybridized carbons (Fsp3) is 0.737. The van der Waals surface area contributed by atoms with Gasteiger partial charge in [0.1, 0.15) is 24.2 Å². The number of nitrogens with two attached hydrogens (primary N) is 2. The molecule has 33 heavy (non-hydrogen) atoms. The number of carboxylic acids is 2. The van der Waals surface area contributed by atoms with Gasteiger partial charge in [0.15, 0.2) is 0 Å². The second kappa shape index (κ2) is 15.1. The highest BCUT2D eigenvalue weighted by Crippen LogP contribution is 2.05. The fourth-order valence-corrected chi connectivity index (χ4v) is 2.69. The van der Waals surface area contributed by atoms with Crippen LogP contribution in [0.15, 0.2) is 0 Å². The Balaban J connectivity index is 5.43. The third-order valence-corrected chi connectivity index (χ3v) is 4.73. The van der Waals surface area contributed by atoms with Gasteiger partial charge in [0.25, 0.3) is 0 Å². The van der Waals surface area contributed by atoms with Crippen molar-refractivity contribution in [3.8, 4) is 0 Å². The van der Waals surface area contributed by atoms with Gasteiger partial charge in [0.2, 0.25) is 17.7 Å². The lowest BCUT2D eigenvalue weighted by molar-refractivity contribution is -0.143. The van der Waals surface area contributed by atoms with Gasteiger partial charge in [0, 0.05) is 6.42 Å². The summed E-state index contributed by atoms with van der Waals surface area (Å²) in [5, 5.41) is 44.2. The number of nitrogens with one attached hydrogen (secondary N) is 3. The second-order valence-electron chi connectivity index (χ2n) is 7.67. The molecule has 0 saturated carbocycles. The predicted octanol–water partition coefficient (Wildman–Crippen LogP) is -3.39. The van der Waals surface area contributed by atoms with E-state index in [0.29, 0.717) is 19.4 Å². The second-order valence-corrected chi connectivity index (χ2v) is 7.67. The molecule has 0 aliphatic heterocycles. The summed E-state index contributed by atoms with van der Waals surface area (Å²) < 4.78 is 0. The number of carboxylic acid groups (broad SMARTS) is 2. The summed E-state index contributed by atoms with van der Waals surface area (Å²) in [7, 11) is 0. The Morgan fingerprint density at radius 1 is 0.788 bits per heavy atom. The molecule has 14 heteroatoms. The van der Waals surface area contributed by atoms with Crippen molar-refractivity contribution in [1.82, 2.24) is 16.0 Å². The number of hydrogen-bond acceptors (Lipinski definition) is 9. The molecule has 0 aromatic carbocycles. The number of carbonyl (C=O) groups excluding carboxylic acids is 3. The number of hydrogen-bond donors (Lipinski definition) is 9. The van der Waals surface area contributed by atoms with E-state index in [1.54, 1.807) is 0 Å². The lowest BCUT2D eigenvalue weighted by Gasteiger charge is -2.26. The maximum Gasteiger partial charge on any atom is 0.326 e. The molecule has 0 aromatic rings. The molecule has 0 spiro atoms. The number of aliphatic hydroxyl groups excluding tert-OH is 2. The topological polar surface area (TPSA) is 254 Å². The summed E-state index contributed by atoms with van der Waals surface area (Å²) in [6, 6.07) is -5.73. The quantitative estimate of drug-likeness (QED) is 0.0990. The Hall–Kier alpha value is -2.81. The zero-order valence-electron chi connectivity index (χ0n) is 18.7. The standard InChI is InChI=1S/C19H35N5O9/c1-9(25)14(21)17(30)22-11(6-7-13(27)28)16(29)24-15(10(2)26)18(31)23-12(19(32)33)5-3-4-8-20/h9-12,14-15,25-26H,3-8,20-21H2,1-2H3,(H,22,30)(H,23,31)(H,24,29)(H,27,28)(H,32,33). The van der Waals surface area contributed by atoms with Crippen LogP contribution in [-0.4, -0.2) is 93.0 Å². The van der Waals surface area contributed by atoms with Gasteiger partial charge in [-0.2, -0.15) is 0 Å². The first-order valence-corrected chi connectivity index (χ1v) is 10.5. The molecule has 0 aliphatic rings. The summed E-state index contributed by atoms with van der Waals surface area (Å²) in [6.07, 6.45) is -2.56. The third kappa shape index (κ3) is 11.6. The Kier molecular flexibility index (Phi) is 13.8. The van der Waals surface area contributed by atoms with Crippen LogP contribution in [0.1, 0.15) is 46.0 Å². The first kappa shape index (κ1) is 30.2. The van der Waals surface area contributed by atoms with Crippen LogP contribution in [0.3, 0.4) is 0 Å². The minimum Gasteiger partial charge on any atom is -0.481 e. The largest absolute Gasteiger partial charge is 0.481 e. The maximum absolute atomic E-state index is 12.7. The SMILES string of the molecule is CC(O)C(N)C(=O)NC(CCC(=O)O)C(=O)NC(C(=O)NC(CCCCN)C(=O)O)C(C)O. The highest BCUT2D eigenvalue weighted by Gasteiger charge is 2.33. The number of unbranched alkanes of at least 4 members (excludes halogenated alkanes) is 1. The first-order chi connectivity index (χ1) is 15.3. The van der Waals surface area contributed by atoms with Crippen LogP contribution in [0.25, 0.3) is 0 Å². The van der Waals surface area contributed by atoms with Crippen molar-refractivity contribution in [2.75, 3.05) is 6.54 Å². The van der Waals surface area contributed by atoms with E-state index in [4.69, 9.17) is 16.6 Å². The molecule has 0 rings (SSSR count). The van der Waals surface area contributed by atoms with Crippen LogP contribution < -0.4 is 27.4 Å². The van der Waals surface area contributed by atoms with E-state index in [-0.39, 0.29) is 12.8 Å². The highest BCUT2D eigenvalue weighted by atomic mass is 16.4. The van der Waals surface area contributed by atoms with Crippen molar-refractivity contribution in [3.63, 3.8) is 0 Å². The van der Waals surface area contributed by atoms with Crippen LogP contribution in [-0.2, 0) is 24.0 Å². The molecular weight excluding hydrogens is 442 g/mol. The van der Waals surface area contributed by atoms with Crippen molar-refractivity contribution in [2.45, 2.75) is 82.3 Å². The van der Waals surface area contributed by atoms with Crippen molar-refractivity contribution in [2.24, 2.45) is 11.5 Å². The predicted molar refractivity (Wildman–Crippen MR) is 115 cm³/mol. The van der Waals surface area contributed by atoms with E-state index < -0.39 is 72.5 Å². The zero-order chi connectivity index (χ0) is 25.7. The first-order valence-electron chi connectivity index (χ1n) is 10.5. The van der Waals surface area contributed by atoms with Crippen molar-refractivity contribution in [1.29, 1.82) is 0 Å². The van der Waals surface area contributed by atoms with E-state index in [0.717, 1.165) is 0 Å². The minimum absolute atomic E-state index is 0.0767. The van der Waals surface area contributed by atoms with Crippen LogP contribution in [0, 0.1) is 0 Å². The van der Waals surface area contributed by atoms with E-state index in [1.807, 2.05) is 0 Å². The number of aliphatic hydroxyl groups is 2. The molecule has 14 nitrogen and oxygen atoms in total. The lowest BCUT2D eigenvalue weighted by atomic mass is 10.1. The molecule has 0 aromatic heterocycles. The van der Waals surface area contributed by atoms with Crippen LogP contribution in [0.2, 0.25) is 0 Å². The highest BCUT2D eigenvalue weighted by molar-refractivity contribution is 5.94. The van der Waals surface area contributed by atoms with E-state index in [2.05, 4.69) is 16.0 Å². The zero-order valence-corrected chi connectivity index (χ0v) is 18.7. The molecule has 3 amide bonds. The molecule has 190 valence electrons. The smallest absolute Gasteiger partial charge is 0.326 e. The van der Waals surface area contributed by atoms with Gasteiger partial charge in [-0.15, -0.1) is 0 Å². The van der Waals surface area contributed by atoms with E-state index in [1.165, 1.54) is 13.8 Å². The van der Waals surface area contributed by atoms with Crippen LogP contribution >= 0.6 is 0 Å². The number of amides is 3. The Labute approximate surface area is 191 Å². The maximum atomic E-state index is 12.7. The fourth-order valence-electron chi connectivity index (χ4n) is 2.69. The van der Waals surface area contributed by atoms with Gasteiger partial charge >= 0.3 is 11.9 Å². The molecule has 0 aliphatic carbocycles. The van der Waals surface area contributed by atoms with Crippen molar-refractivity contribution < 1.29 is 44.4 Å².